The zero-order valence-electron chi connectivity index (χ0n) is 13.1. The molecule has 0 fully saturated rings. The van der Waals surface area contributed by atoms with Gasteiger partial charge in [0.1, 0.15) is 0 Å². The minimum Gasteiger partial charge on any atom is -0.467 e. The second-order valence-corrected chi connectivity index (χ2v) is 5.11. The number of methoxy groups -OCH3 is 1. The van der Waals surface area contributed by atoms with Crippen LogP contribution in [0.4, 0.5) is 0 Å². The van der Waals surface area contributed by atoms with E-state index in [4.69, 9.17) is 4.74 Å². The maximum atomic E-state index is 12.1. The van der Waals surface area contributed by atoms with E-state index in [1.807, 2.05) is 36.4 Å². The molecule has 0 aliphatic heterocycles. The van der Waals surface area contributed by atoms with Crippen LogP contribution in [0.1, 0.15) is 30.1 Å². The number of nitrogens with zero attached hydrogens (tertiary/aromatic N) is 1. The third-order valence-electron chi connectivity index (χ3n) is 3.44. The maximum absolute atomic E-state index is 12.1. The van der Waals surface area contributed by atoms with E-state index >= 15 is 0 Å². The number of benzene rings is 1. The summed E-state index contributed by atoms with van der Waals surface area (Å²) in [6.07, 6.45) is 3.46. The summed E-state index contributed by atoms with van der Waals surface area (Å²) in [7, 11) is 1.31. The summed E-state index contributed by atoms with van der Waals surface area (Å²) in [5.41, 5.74) is 1.66. The number of pyridine rings is 1. The Kier molecular flexibility index (Phi) is 6.29. The Bertz CT molecular complexity index is 629. The number of esters is 1. The van der Waals surface area contributed by atoms with Crippen molar-refractivity contribution in [3.05, 3.63) is 66.0 Å². The van der Waals surface area contributed by atoms with Gasteiger partial charge in [-0.1, -0.05) is 36.4 Å². The predicted octanol–water partition coefficient (Wildman–Crippen LogP) is 2.43. The number of nitrogens with one attached hydrogen (secondary N) is 1. The summed E-state index contributed by atoms with van der Waals surface area (Å²) in [5, 5.41) is 2.74. The fraction of sp³-hybridized carbons (Fsp3) is 0.278. The van der Waals surface area contributed by atoms with Gasteiger partial charge >= 0.3 is 5.97 Å². The Morgan fingerprint density at radius 1 is 1.13 bits per heavy atom. The molecule has 0 saturated heterocycles. The average molecular weight is 312 g/mol. The summed E-state index contributed by atoms with van der Waals surface area (Å²) in [6, 6.07) is 14.0. The van der Waals surface area contributed by atoms with Gasteiger partial charge in [-0.15, -0.1) is 0 Å². The molecule has 0 aliphatic rings. The number of aromatic nitrogens is 1. The maximum Gasteiger partial charge on any atom is 0.333 e. The number of carbonyl (C=O) groups excluding carboxylic acids is 2. The molecule has 1 atom stereocenters. The molecular weight excluding hydrogens is 292 g/mol. The highest BCUT2D eigenvalue weighted by molar-refractivity contribution is 5.85. The van der Waals surface area contributed by atoms with Crippen molar-refractivity contribution in [1.82, 2.24) is 10.3 Å². The molecule has 2 aromatic rings. The molecule has 1 aromatic carbocycles. The Morgan fingerprint density at radius 2 is 1.87 bits per heavy atom. The van der Waals surface area contributed by atoms with E-state index in [0.29, 0.717) is 18.4 Å². The number of hydrogen-bond acceptors (Lipinski definition) is 4. The molecule has 1 heterocycles. The van der Waals surface area contributed by atoms with Crippen molar-refractivity contribution in [1.29, 1.82) is 0 Å². The van der Waals surface area contributed by atoms with E-state index in [1.165, 1.54) is 7.11 Å². The summed E-state index contributed by atoms with van der Waals surface area (Å²) >= 11 is 0. The van der Waals surface area contributed by atoms with Crippen molar-refractivity contribution in [2.45, 2.75) is 25.3 Å². The molecule has 0 radical (unpaired) electrons. The van der Waals surface area contributed by atoms with Gasteiger partial charge in [-0.2, -0.15) is 0 Å². The molecule has 0 saturated carbocycles. The summed E-state index contributed by atoms with van der Waals surface area (Å²) in [4.78, 5) is 28.2. The van der Waals surface area contributed by atoms with E-state index < -0.39 is 12.0 Å². The molecule has 5 nitrogen and oxygen atoms in total. The Labute approximate surface area is 135 Å². The van der Waals surface area contributed by atoms with Crippen LogP contribution in [0.3, 0.4) is 0 Å². The normalized spacial score (nSPS) is 11.5. The van der Waals surface area contributed by atoms with E-state index in [2.05, 4.69) is 10.3 Å². The van der Waals surface area contributed by atoms with Gasteiger partial charge in [0.25, 0.3) is 0 Å². The van der Waals surface area contributed by atoms with Crippen LogP contribution in [0.25, 0.3) is 0 Å². The first kappa shape index (κ1) is 16.7. The lowest BCUT2D eigenvalue weighted by Crippen LogP contribution is -2.34. The number of carbonyl (C=O) groups is 2. The fourth-order valence-corrected chi connectivity index (χ4v) is 2.25. The van der Waals surface area contributed by atoms with Crippen molar-refractivity contribution in [2.75, 3.05) is 7.11 Å². The largest absolute Gasteiger partial charge is 0.467 e. The molecule has 0 bridgehead atoms. The molecule has 0 unspecified atom stereocenters. The van der Waals surface area contributed by atoms with E-state index in [1.54, 1.807) is 18.3 Å². The van der Waals surface area contributed by atoms with Gasteiger partial charge in [-0.3, -0.25) is 9.78 Å². The summed E-state index contributed by atoms with van der Waals surface area (Å²) < 4.78 is 4.78. The van der Waals surface area contributed by atoms with Gasteiger partial charge in [-0.05, 0) is 30.5 Å². The third kappa shape index (κ3) is 5.21. The SMILES string of the molecule is COC(=O)[C@H](NC(=O)CCCc1ccccn1)c1ccccc1. The first-order valence-corrected chi connectivity index (χ1v) is 7.52. The zero-order valence-corrected chi connectivity index (χ0v) is 13.1. The van der Waals surface area contributed by atoms with Crippen LogP contribution in [0.5, 0.6) is 0 Å². The molecule has 23 heavy (non-hydrogen) atoms. The zero-order chi connectivity index (χ0) is 16.5. The van der Waals surface area contributed by atoms with Crippen molar-refractivity contribution in [3.8, 4) is 0 Å². The van der Waals surface area contributed by atoms with Crippen LogP contribution in [0, 0.1) is 0 Å². The van der Waals surface area contributed by atoms with Crippen molar-refractivity contribution >= 4 is 11.9 Å². The number of aryl methyl sites for hydroxylation is 1. The second kappa shape index (κ2) is 8.68. The van der Waals surface area contributed by atoms with Crippen LogP contribution >= 0.6 is 0 Å². The quantitative estimate of drug-likeness (QED) is 0.797. The van der Waals surface area contributed by atoms with Crippen molar-refractivity contribution in [3.63, 3.8) is 0 Å². The minimum absolute atomic E-state index is 0.180. The molecular formula is C18H20N2O3. The van der Waals surface area contributed by atoms with Gasteiger partial charge in [0.2, 0.25) is 5.91 Å². The van der Waals surface area contributed by atoms with E-state index in [0.717, 1.165) is 12.1 Å². The van der Waals surface area contributed by atoms with E-state index in [9.17, 15) is 9.59 Å². The van der Waals surface area contributed by atoms with E-state index in [-0.39, 0.29) is 5.91 Å². The molecule has 0 spiro atoms. The molecule has 0 aliphatic carbocycles. The van der Waals surface area contributed by atoms with Crippen LogP contribution in [0.15, 0.2) is 54.7 Å². The summed E-state index contributed by atoms with van der Waals surface area (Å²) in [5.74, 6) is -0.658. The van der Waals surface area contributed by atoms with Gasteiger partial charge in [0, 0.05) is 18.3 Å². The van der Waals surface area contributed by atoms with Crippen molar-refractivity contribution < 1.29 is 14.3 Å². The molecule has 5 heteroatoms. The predicted molar refractivity (Wildman–Crippen MR) is 86.5 cm³/mol. The highest BCUT2D eigenvalue weighted by Crippen LogP contribution is 2.14. The van der Waals surface area contributed by atoms with Gasteiger partial charge in [0.05, 0.1) is 7.11 Å². The lowest BCUT2D eigenvalue weighted by atomic mass is 10.1. The third-order valence-corrected chi connectivity index (χ3v) is 3.44. The minimum atomic E-state index is -0.774. The molecule has 1 N–H and O–H groups in total. The van der Waals surface area contributed by atoms with Gasteiger partial charge < -0.3 is 10.1 Å². The van der Waals surface area contributed by atoms with Crippen molar-refractivity contribution in [2.24, 2.45) is 0 Å². The van der Waals surface area contributed by atoms with Crippen LogP contribution in [-0.4, -0.2) is 24.0 Å². The number of amides is 1. The Morgan fingerprint density at radius 3 is 2.52 bits per heavy atom. The summed E-state index contributed by atoms with van der Waals surface area (Å²) in [6.45, 7) is 0. The Balaban J connectivity index is 1.89. The first-order valence-electron chi connectivity index (χ1n) is 7.52. The van der Waals surface area contributed by atoms with Crippen LogP contribution in [-0.2, 0) is 20.7 Å². The topological polar surface area (TPSA) is 68.3 Å². The lowest BCUT2D eigenvalue weighted by molar-refractivity contribution is -0.145. The number of ether oxygens (including phenoxy) is 1. The molecule has 120 valence electrons. The highest BCUT2D eigenvalue weighted by Gasteiger charge is 2.22. The van der Waals surface area contributed by atoms with Gasteiger partial charge in [0.15, 0.2) is 6.04 Å². The average Bonchev–Trinajstić information content (AvgIpc) is 2.60. The number of rotatable bonds is 7. The molecule has 1 amide bonds. The van der Waals surface area contributed by atoms with Crippen LogP contribution in [0.2, 0.25) is 0 Å². The molecule has 2 rings (SSSR count). The second-order valence-electron chi connectivity index (χ2n) is 5.11. The smallest absolute Gasteiger partial charge is 0.333 e. The Hall–Kier alpha value is -2.69. The molecule has 1 aromatic heterocycles. The monoisotopic (exact) mass is 312 g/mol. The number of hydrogen-bond donors (Lipinski definition) is 1. The highest BCUT2D eigenvalue weighted by atomic mass is 16.5. The standard InChI is InChI=1S/C18H20N2O3/c1-23-18(22)17(14-8-3-2-4-9-14)20-16(21)12-7-11-15-10-5-6-13-19-15/h2-6,8-10,13,17H,7,11-12H2,1H3,(H,20,21)/t17-/m1/s1. The van der Waals surface area contributed by atoms with Crippen LogP contribution < -0.4 is 5.32 Å². The fourth-order valence-electron chi connectivity index (χ4n) is 2.25. The lowest BCUT2D eigenvalue weighted by Gasteiger charge is -2.16. The van der Waals surface area contributed by atoms with Gasteiger partial charge in [-0.25, -0.2) is 4.79 Å². The first-order chi connectivity index (χ1) is 11.2.